The quantitative estimate of drug-likeness (QED) is 0.492. The lowest BCUT2D eigenvalue weighted by molar-refractivity contribution is -0.137. The van der Waals surface area contributed by atoms with E-state index in [2.05, 4.69) is 20.9 Å². The Bertz CT molecular complexity index is 1240. The van der Waals surface area contributed by atoms with Gasteiger partial charge in [-0.1, -0.05) is 30.3 Å². The third-order valence-corrected chi connectivity index (χ3v) is 6.06. The largest absolute Gasteiger partial charge is 0.416 e. The molecule has 1 aliphatic heterocycles. The SMILES string of the molecule is Cc1scnc1[C@@]1(CNC(=O)c2ccccc2-c2ccc(C(F)(F)F)cc2)NC(=O)NC1=O. The van der Waals surface area contributed by atoms with Crippen LogP contribution in [0.5, 0.6) is 0 Å². The van der Waals surface area contributed by atoms with Gasteiger partial charge in [0.25, 0.3) is 11.8 Å². The van der Waals surface area contributed by atoms with Crippen LogP contribution in [0.25, 0.3) is 11.1 Å². The van der Waals surface area contributed by atoms with Crippen molar-refractivity contribution in [2.75, 3.05) is 6.54 Å². The molecule has 0 bridgehead atoms. The van der Waals surface area contributed by atoms with Crippen LogP contribution in [-0.2, 0) is 16.5 Å². The zero-order valence-corrected chi connectivity index (χ0v) is 17.9. The minimum Gasteiger partial charge on any atom is -0.349 e. The Balaban J connectivity index is 1.61. The first-order chi connectivity index (χ1) is 15.6. The summed E-state index contributed by atoms with van der Waals surface area (Å²) >= 11 is 1.29. The van der Waals surface area contributed by atoms with Gasteiger partial charge >= 0.3 is 12.2 Å². The Hall–Kier alpha value is -3.73. The molecule has 0 unspecified atom stereocenters. The second kappa shape index (κ2) is 8.32. The molecule has 2 heterocycles. The fourth-order valence-electron chi connectivity index (χ4n) is 3.66. The molecule has 1 fully saturated rings. The molecule has 0 aliphatic carbocycles. The van der Waals surface area contributed by atoms with Crippen LogP contribution in [-0.4, -0.2) is 29.4 Å². The lowest BCUT2D eigenvalue weighted by Gasteiger charge is -2.25. The summed E-state index contributed by atoms with van der Waals surface area (Å²) < 4.78 is 38.7. The van der Waals surface area contributed by atoms with Crippen LogP contribution in [0.1, 0.15) is 26.5 Å². The third-order valence-electron chi connectivity index (χ3n) is 5.30. The Morgan fingerprint density at radius 1 is 1.12 bits per heavy atom. The van der Waals surface area contributed by atoms with Crippen LogP contribution < -0.4 is 16.0 Å². The number of hydrogen-bond acceptors (Lipinski definition) is 5. The first-order valence-electron chi connectivity index (χ1n) is 9.71. The Morgan fingerprint density at radius 2 is 1.82 bits per heavy atom. The summed E-state index contributed by atoms with van der Waals surface area (Å²) in [5.41, 5.74) is 0.538. The molecule has 3 N–H and O–H groups in total. The van der Waals surface area contributed by atoms with Gasteiger partial charge in [-0.15, -0.1) is 11.3 Å². The van der Waals surface area contributed by atoms with Crippen LogP contribution in [0.2, 0.25) is 0 Å². The van der Waals surface area contributed by atoms with Crippen molar-refractivity contribution in [3.63, 3.8) is 0 Å². The fraction of sp³-hybridized carbons (Fsp3) is 0.182. The first kappa shape index (κ1) is 22.5. The van der Waals surface area contributed by atoms with E-state index in [1.165, 1.54) is 35.0 Å². The van der Waals surface area contributed by atoms with Gasteiger partial charge in [0.1, 0.15) is 0 Å². The normalized spacial score (nSPS) is 18.1. The number of aromatic nitrogens is 1. The molecule has 7 nitrogen and oxygen atoms in total. The molecule has 0 radical (unpaired) electrons. The number of benzene rings is 2. The molecule has 0 spiro atoms. The van der Waals surface area contributed by atoms with Gasteiger partial charge in [0.15, 0.2) is 5.54 Å². The molecular formula is C22H17F3N4O3S. The Labute approximate surface area is 190 Å². The van der Waals surface area contributed by atoms with Crippen molar-refractivity contribution in [3.8, 4) is 11.1 Å². The predicted octanol–water partition coefficient (Wildman–Crippen LogP) is 3.60. The van der Waals surface area contributed by atoms with Gasteiger partial charge in [0.2, 0.25) is 0 Å². The predicted molar refractivity (Wildman–Crippen MR) is 114 cm³/mol. The number of carbonyl (C=O) groups excluding carboxylic acids is 3. The van der Waals surface area contributed by atoms with E-state index in [0.29, 0.717) is 21.7 Å². The average Bonchev–Trinajstić information content (AvgIpc) is 3.34. The number of alkyl halides is 3. The molecule has 1 aromatic heterocycles. The molecule has 3 aromatic rings. The van der Waals surface area contributed by atoms with Crippen LogP contribution in [0, 0.1) is 6.92 Å². The van der Waals surface area contributed by atoms with Gasteiger partial charge in [-0.2, -0.15) is 13.2 Å². The molecule has 4 amide bonds. The smallest absolute Gasteiger partial charge is 0.349 e. The number of thiazole rings is 1. The molecule has 2 aromatic carbocycles. The van der Waals surface area contributed by atoms with Gasteiger partial charge in [-0.3, -0.25) is 14.9 Å². The highest BCUT2D eigenvalue weighted by atomic mass is 32.1. The molecule has 33 heavy (non-hydrogen) atoms. The minimum absolute atomic E-state index is 0.201. The van der Waals surface area contributed by atoms with Gasteiger partial charge in [0, 0.05) is 10.4 Å². The first-order valence-corrected chi connectivity index (χ1v) is 10.6. The molecule has 1 aliphatic rings. The Kier molecular flexibility index (Phi) is 5.66. The van der Waals surface area contributed by atoms with Crippen molar-refractivity contribution in [2.24, 2.45) is 0 Å². The van der Waals surface area contributed by atoms with E-state index in [0.717, 1.165) is 12.1 Å². The molecule has 0 saturated carbocycles. The number of rotatable bonds is 5. The lowest BCUT2D eigenvalue weighted by Crippen LogP contribution is -2.53. The summed E-state index contributed by atoms with van der Waals surface area (Å²) in [6, 6.07) is 10.2. The van der Waals surface area contributed by atoms with Gasteiger partial charge in [0.05, 0.1) is 23.3 Å². The molecule has 170 valence electrons. The number of aryl methyl sites for hydroxylation is 1. The average molecular weight is 474 g/mol. The van der Waals surface area contributed by atoms with Crippen LogP contribution in [0.4, 0.5) is 18.0 Å². The molecule has 1 saturated heterocycles. The van der Waals surface area contributed by atoms with Crippen LogP contribution in [0.3, 0.4) is 0 Å². The second-order valence-corrected chi connectivity index (χ2v) is 8.43. The summed E-state index contributed by atoms with van der Waals surface area (Å²) in [4.78, 5) is 42.5. The highest BCUT2D eigenvalue weighted by Crippen LogP contribution is 2.32. The summed E-state index contributed by atoms with van der Waals surface area (Å²) in [6.45, 7) is 1.48. The second-order valence-electron chi connectivity index (χ2n) is 7.37. The highest BCUT2D eigenvalue weighted by Gasteiger charge is 2.50. The van der Waals surface area contributed by atoms with Crippen molar-refractivity contribution < 1.29 is 27.6 Å². The van der Waals surface area contributed by atoms with Gasteiger partial charge in [-0.25, -0.2) is 9.78 Å². The van der Waals surface area contributed by atoms with Crippen molar-refractivity contribution >= 4 is 29.2 Å². The maximum absolute atomic E-state index is 13.1. The summed E-state index contributed by atoms with van der Waals surface area (Å²) in [7, 11) is 0. The topological polar surface area (TPSA) is 100 Å². The number of nitrogens with zero attached hydrogens (tertiary/aromatic N) is 1. The molecule has 11 heteroatoms. The number of urea groups is 1. The maximum atomic E-state index is 13.1. The summed E-state index contributed by atoms with van der Waals surface area (Å²) in [6.07, 6.45) is -4.47. The van der Waals surface area contributed by atoms with E-state index in [9.17, 15) is 27.6 Å². The Morgan fingerprint density at radius 3 is 2.39 bits per heavy atom. The van der Waals surface area contributed by atoms with Gasteiger partial charge in [-0.05, 0) is 36.2 Å². The van der Waals surface area contributed by atoms with E-state index < -0.39 is 35.1 Å². The zero-order valence-electron chi connectivity index (χ0n) is 17.1. The van der Waals surface area contributed by atoms with E-state index in [4.69, 9.17) is 0 Å². The van der Waals surface area contributed by atoms with Crippen LogP contribution >= 0.6 is 11.3 Å². The number of amides is 4. The minimum atomic E-state index is -4.47. The van der Waals surface area contributed by atoms with Crippen molar-refractivity contribution in [3.05, 3.63) is 75.7 Å². The molecular weight excluding hydrogens is 457 g/mol. The number of imide groups is 1. The highest BCUT2D eigenvalue weighted by molar-refractivity contribution is 7.09. The van der Waals surface area contributed by atoms with E-state index in [1.807, 2.05) is 0 Å². The van der Waals surface area contributed by atoms with Gasteiger partial charge < -0.3 is 10.6 Å². The fourth-order valence-corrected chi connectivity index (χ4v) is 4.32. The standard InChI is InChI=1S/C22H17F3N4O3S/c1-12-17(27-11-33-12)21(19(31)28-20(32)29-21)10-26-18(30)16-5-3-2-4-15(16)13-6-8-14(9-7-13)22(23,24)25/h2-9,11H,10H2,1H3,(H,26,30)(H2,28,29,31,32)/t21-/m1/s1. The van der Waals surface area contributed by atoms with Crippen molar-refractivity contribution in [1.82, 2.24) is 20.9 Å². The maximum Gasteiger partial charge on any atom is 0.416 e. The zero-order chi connectivity index (χ0) is 23.8. The third kappa shape index (κ3) is 4.19. The van der Waals surface area contributed by atoms with E-state index in [-0.39, 0.29) is 12.1 Å². The van der Waals surface area contributed by atoms with Crippen molar-refractivity contribution in [2.45, 2.75) is 18.6 Å². The van der Waals surface area contributed by atoms with Crippen LogP contribution in [0.15, 0.2) is 54.0 Å². The van der Waals surface area contributed by atoms with E-state index in [1.54, 1.807) is 25.1 Å². The molecule has 1 atom stereocenters. The summed E-state index contributed by atoms with van der Waals surface area (Å²) in [5.74, 6) is -1.20. The number of nitrogens with one attached hydrogen (secondary N) is 3. The number of halogens is 3. The number of hydrogen-bond donors (Lipinski definition) is 3. The van der Waals surface area contributed by atoms with E-state index >= 15 is 0 Å². The lowest BCUT2D eigenvalue weighted by atomic mass is 9.93. The molecule has 4 rings (SSSR count). The summed E-state index contributed by atoms with van der Waals surface area (Å²) in [5, 5.41) is 7.40. The monoisotopic (exact) mass is 474 g/mol. The van der Waals surface area contributed by atoms with Crippen molar-refractivity contribution in [1.29, 1.82) is 0 Å². The number of carbonyl (C=O) groups is 3.